The number of benzene rings is 1. The van der Waals surface area contributed by atoms with Gasteiger partial charge in [-0.3, -0.25) is 4.57 Å². The predicted molar refractivity (Wildman–Crippen MR) is 77.5 cm³/mol. The van der Waals surface area contributed by atoms with Crippen LogP contribution in [0, 0.1) is 24.0 Å². The Kier molecular flexibility index (Phi) is 4.20. The van der Waals surface area contributed by atoms with Crippen LogP contribution >= 0.6 is 15.9 Å². The number of rotatable bonds is 4. The Morgan fingerprint density at radius 1 is 1.50 bits per heavy atom. The average Bonchev–Trinajstić information content (AvgIpc) is 2.71. The number of hydrogen-bond donors (Lipinski definition) is 1. The number of aromatic nitrogens is 2. The number of aliphatic hydroxyl groups excluding tert-OH is 1. The van der Waals surface area contributed by atoms with E-state index >= 15 is 0 Å². The summed E-state index contributed by atoms with van der Waals surface area (Å²) in [5.74, 6) is -0.246. The van der Waals surface area contributed by atoms with Gasteiger partial charge in [0.05, 0.1) is 12.6 Å². The zero-order chi connectivity index (χ0) is 14.9. The summed E-state index contributed by atoms with van der Waals surface area (Å²) in [6, 6.07) is 5.79. The Morgan fingerprint density at radius 3 is 2.75 bits per heavy atom. The van der Waals surface area contributed by atoms with Crippen LogP contribution < -0.4 is 0 Å². The lowest BCUT2D eigenvalue weighted by Crippen LogP contribution is -2.09. The highest BCUT2D eigenvalue weighted by Gasteiger charge is 2.19. The smallest absolute Gasteiger partial charge is 0.382 e. The maximum Gasteiger partial charge on any atom is 0.382 e. The Hall–Kier alpha value is -1.73. The van der Waals surface area contributed by atoms with Crippen molar-refractivity contribution < 1.29 is 10.0 Å². The quantitative estimate of drug-likeness (QED) is 0.685. The lowest BCUT2D eigenvalue weighted by molar-refractivity contribution is -0.389. The normalized spacial score (nSPS) is 12.4. The lowest BCUT2D eigenvalue weighted by atomic mass is 10.0. The first-order chi connectivity index (χ1) is 9.38. The summed E-state index contributed by atoms with van der Waals surface area (Å²) in [6.45, 7) is 4.11. The van der Waals surface area contributed by atoms with Gasteiger partial charge in [-0.05, 0) is 34.9 Å². The maximum atomic E-state index is 10.7. The third kappa shape index (κ3) is 3.05. The van der Waals surface area contributed by atoms with Crippen LogP contribution in [0.3, 0.4) is 0 Å². The molecule has 2 rings (SSSR count). The first-order valence-electron chi connectivity index (χ1n) is 6.00. The molecule has 2 aromatic rings. The molecular weight excluding hydrogens is 326 g/mol. The van der Waals surface area contributed by atoms with Gasteiger partial charge < -0.3 is 15.2 Å². The minimum atomic E-state index is -0.749. The lowest BCUT2D eigenvalue weighted by Gasteiger charge is -2.14. The van der Waals surface area contributed by atoms with Gasteiger partial charge in [-0.15, -0.1) is 0 Å². The van der Waals surface area contributed by atoms with Gasteiger partial charge in [-0.2, -0.15) is 0 Å². The van der Waals surface area contributed by atoms with Crippen molar-refractivity contribution >= 4 is 21.7 Å². The van der Waals surface area contributed by atoms with Crippen molar-refractivity contribution in [1.29, 1.82) is 0 Å². The van der Waals surface area contributed by atoms with Gasteiger partial charge in [0.15, 0.2) is 0 Å². The highest BCUT2D eigenvalue weighted by Crippen LogP contribution is 2.23. The van der Waals surface area contributed by atoms with Crippen molar-refractivity contribution in [2.24, 2.45) is 0 Å². The van der Waals surface area contributed by atoms with Crippen LogP contribution in [0.1, 0.15) is 22.8 Å². The fourth-order valence-corrected chi connectivity index (χ4v) is 2.51. The third-order valence-electron chi connectivity index (χ3n) is 3.06. The van der Waals surface area contributed by atoms with E-state index in [9.17, 15) is 15.2 Å². The van der Waals surface area contributed by atoms with Crippen LogP contribution in [0.15, 0.2) is 29.1 Å². The molecular formula is C13H14BrN3O3. The molecule has 20 heavy (non-hydrogen) atoms. The molecule has 6 nitrogen and oxygen atoms in total. The summed E-state index contributed by atoms with van der Waals surface area (Å²) >= 11 is 3.15. The van der Waals surface area contributed by atoms with Gasteiger partial charge in [-0.25, -0.2) is 0 Å². The van der Waals surface area contributed by atoms with Gasteiger partial charge in [-0.1, -0.05) is 23.8 Å². The highest BCUT2D eigenvalue weighted by atomic mass is 79.9. The zero-order valence-corrected chi connectivity index (χ0v) is 12.7. The van der Waals surface area contributed by atoms with Crippen molar-refractivity contribution in [2.45, 2.75) is 26.5 Å². The number of imidazole rings is 1. The van der Waals surface area contributed by atoms with Crippen molar-refractivity contribution in [2.75, 3.05) is 0 Å². The van der Waals surface area contributed by atoms with E-state index in [1.54, 1.807) is 0 Å². The molecule has 0 aliphatic heterocycles. The van der Waals surface area contributed by atoms with Crippen molar-refractivity contribution in [3.05, 3.63) is 55.9 Å². The second-order valence-electron chi connectivity index (χ2n) is 4.65. The van der Waals surface area contributed by atoms with E-state index in [1.807, 2.05) is 32.0 Å². The van der Waals surface area contributed by atoms with E-state index in [0.29, 0.717) is 4.73 Å². The molecule has 1 unspecified atom stereocenters. The summed E-state index contributed by atoms with van der Waals surface area (Å²) in [5.41, 5.74) is 2.92. The fourth-order valence-electron chi connectivity index (χ4n) is 2.08. The van der Waals surface area contributed by atoms with E-state index < -0.39 is 11.0 Å². The average molecular weight is 340 g/mol. The molecule has 0 aliphatic carbocycles. The highest BCUT2D eigenvalue weighted by molar-refractivity contribution is 9.10. The molecule has 0 aliphatic rings. The molecule has 1 aromatic carbocycles. The van der Waals surface area contributed by atoms with Crippen molar-refractivity contribution in [3.8, 4) is 0 Å². The van der Waals surface area contributed by atoms with Gasteiger partial charge in [0, 0.05) is 15.9 Å². The molecule has 1 N–H and O–H groups in total. The van der Waals surface area contributed by atoms with Crippen LogP contribution in [-0.2, 0) is 6.54 Å². The minimum Gasteiger partial charge on any atom is -0.387 e. The summed E-state index contributed by atoms with van der Waals surface area (Å²) in [6.07, 6.45) is 0.553. The summed E-state index contributed by atoms with van der Waals surface area (Å²) in [7, 11) is 0. The molecule has 0 amide bonds. The second kappa shape index (κ2) is 5.72. The first-order valence-corrected chi connectivity index (χ1v) is 6.80. The van der Waals surface area contributed by atoms with Crippen molar-refractivity contribution in [3.63, 3.8) is 0 Å². The van der Waals surface area contributed by atoms with E-state index in [1.165, 1.54) is 10.8 Å². The predicted octanol–water partition coefficient (Wildman–Crippen LogP) is 2.90. The number of hydrogen-bond acceptors (Lipinski definition) is 4. The molecule has 0 fully saturated rings. The van der Waals surface area contributed by atoms with E-state index in [-0.39, 0.29) is 12.4 Å². The molecule has 0 spiro atoms. The number of aryl methyl sites for hydroxylation is 2. The number of aliphatic hydroxyl groups is 1. The van der Waals surface area contributed by atoms with Crippen LogP contribution in [0.4, 0.5) is 5.82 Å². The number of halogens is 1. The summed E-state index contributed by atoms with van der Waals surface area (Å²) in [5, 5.41) is 20.9. The second-order valence-corrected chi connectivity index (χ2v) is 5.36. The van der Waals surface area contributed by atoms with Gasteiger partial charge >= 0.3 is 5.82 Å². The van der Waals surface area contributed by atoms with Gasteiger partial charge in [0.25, 0.3) is 4.73 Å². The molecule has 0 bridgehead atoms. The summed E-state index contributed by atoms with van der Waals surface area (Å²) in [4.78, 5) is 13.9. The molecule has 0 radical (unpaired) electrons. The van der Waals surface area contributed by atoms with E-state index in [4.69, 9.17) is 0 Å². The fraction of sp³-hybridized carbons (Fsp3) is 0.308. The van der Waals surface area contributed by atoms with E-state index in [0.717, 1.165) is 16.7 Å². The molecule has 7 heteroatoms. The summed E-state index contributed by atoms with van der Waals surface area (Å²) < 4.78 is 1.84. The molecule has 106 valence electrons. The Morgan fingerprint density at radius 2 is 2.20 bits per heavy atom. The molecule has 0 saturated heterocycles. The monoisotopic (exact) mass is 339 g/mol. The van der Waals surface area contributed by atoms with Crippen LogP contribution in [0.2, 0.25) is 0 Å². The Labute approximate surface area is 124 Å². The number of nitro groups is 1. The Bertz CT molecular complexity index is 654. The van der Waals surface area contributed by atoms with Gasteiger partial charge in [0.1, 0.15) is 6.20 Å². The van der Waals surface area contributed by atoms with E-state index in [2.05, 4.69) is 20.9 Å². The SMILES string of the molecule is Cc1ccc(C(O)Cn2cc([N+](=O)[O-])nc2Br)c(C)c1. The van der Waals surface area contributed by atoms with Gasteiger partial charge in [0.2, 0.25) is 0 Å². The molecule has 1 heterocycles. The maximum absolute atomic E-state index is 10.7. The largest absolute Gasteiger partial charge is 0.387 e. The van der Waals surface area contributed by atoms with Crippen LogP contribution in [0.25, 0.3) is 0 Å². The molecule has 0 saturated carbocycles. The van der Waals surface area contributed by atoms with Crippen molar-refractivity contribution in [1.82, 2.24) is 9.55 Å². The molecule has 1 atom stereocenters. The zero-order valence-electron chi connectivity index (χ0n) is 11.1. The standard InChI is InChI=1S/C13H14BrN3O3/c1-8-3-4-10(9(2)5-8)11(18)6-16-7-12(17(19)20)15-13(16)14/h3-5,7,11,18H,6H2,1-2H3. The Balaban J connectivity index is 2.23. The number of nitrogens with zero attached hydrogens (tertiary/aromatic N) is 3. The van der Waals surface area contributed by atoms with Crippen LogP contribution in [-0.4, -0.2) is 19.6 Å². The van der Waals surface area contributed by atoms with Crippen LogP contribution in [0.5, 0.6) is 0 Å². The minimum absolute atomic E-state index is 0.200. The third-order valence-corrected chi connectivity index (χ3v) is 3.69. The molecule has 1 aromatic heterocycles. The topological polar surface area (TPSA) is 81.2 Å². The first kappa shape index (κ1) is 14.7.